The highest BCUT2D eigenvalue weighted by molar-refractivity contribution is 6.04. The fraction of sp³-hybridized carbons (Fsp3) is 0.150. The van der Waals surface area contributed by atoms with Gasteiger partial charge in [0, 0.05) is 16.8 Å². The first-order valence-electron chi connectivity index (χ1n) is 7.92. The lowest BCUT2D eigenvalue weighted by molar-refractivity contribution is -0.116. The Hall–Kier alpha value is -2.85. The number of aliphatic hydroxyl groups excluding tert-OH is 1. The van der Waals surface area contributed by atoms with Gasteiger partial charge in [0.1, 0.15) is 6.04 Å². The van der Waals surface area contributed by atoms with Crippen molar-refractivity contribution in [2.45, 2.75) is 19.6 Å². The van der Waals surface area contributed by atoms with Gasteiger partial charge >= 0.3 is 0 Å². The van der Waals surface area contributed by atoms with Crippen LogP contribution in [0, 0.1) is 0 Å². The molecule has 24 heavy (non-hydrogen) atoms. The van der Waals surface area contributed by atoms with Crippen LogP contribution in [0.1, 0.15) is 12.5 Å². The van der Waals surface area contributed by atoms with Crippen LogP contribution in [-0.2, 0) is 11.4 Å². The third-order valence-corrected chi connectivity index (χ3v) is 3.93. The van der Waals surface area contributed by atoms with E-state index < -0.39 is 6.04 Å². The zero-order valence-corrected chi connectivity index (χ0v) is 13.5. The van der Waals surface area contributed by atoms with Gasteiger partial charge in [0.2, 0.25) is 5.91 Å². The zero-order valence-electron chi connectivity index (χ0n) is 13.5. The topological polar surface area (TPSA) is 61.4 Å². The molecule has 4 nitrogen and oxygen atoms in total. The number of carbonyl (C=O) groups excluding carboxylic acids is 1. The Bertz CT molecular complexity index is 856. The Morgan fingerprint density at radius 3 is 2.62 bits per heavy atom. The van der Waals surface area contributed by atoms with Gasteiger partial charge in [0.05, 0.1) is 6.61 Å². The van der Waals surface area contributed by atoms with E-state index in [-0.39, 0.29) is 12.5 Å². The van der Waals surface area contributed by atoms with Crippen LogP contribution in [-0.4, -0.2) is 17.1 Å². The molecule has 0 spiro atoms. The maximum Gasteiger partial charge on any atom is 0.246 e. The molecule has 0 aliphatic rings. The summed E-state index contributed by atoms with van der Waals surface area (Å²) in [5.74, 6) is -0.110. The van der Waals surface area contributed by atoms with E-state index >= 15 is 0 Å². The van der Waals surface area contributed by atoms with Crippen molar-refractivity contribution in [3.05, 3.63) is 72.3 Å². The van der Waals surface area contributed by atoms with Gasteiger partial charge < -0.3 is 15.7 Å². The number of carbonyl (C=O) groups is 1. The summed E-state index contributed by atoms with van der Waals surface area (Å²) in [6, 6.07) is 20.8. The van der Waals surface area contributed by atoms with Crippen molar-refractivity contribution >= 4 is 28.1 Å². The molecule has 4 heteroatoms. The highest BCUT2D eigenvalue weighted by Gasteiger charge is 2.14. The molecule has 0 saturated heterocycles. The molecule has 0 radical (unpaired) electrons. The second-order valence-corrected chi connectivity index (χ2v) is 5.74. The number of hydrogen-bond donors (Lipinski definition) is 3. The predicted molar refractivity (Wildman–Crippen MR) is 98.0 cm³/mol. The van der Waals surface area contributed by atoms with Crippen LogP contribution >= 0.6 is 0 Å². The molecule has 1 amide bonds. The standard InChI is InChI=1S/C20H20N2O2/c1-14(21-17-9-4-6-15(12-17)13-23)20(24)22-19-11-5-8-16-7-2-3-10-18(16)19/h2-12,14,21,23H,13H2,1H3,(H,22,24). The Morgan fingerprint density at radius 1 is 1.04 bits per heavy atom. The molecule has 3 aromatic carbocycles. The van der Waals surface area contributed by atoms with Crippen LogP contribution in [0.15, 0.2) is 66.7 Å². The minimum Gasteiger partial charge on any atom is -0.392 e. The number of rotatable bonds is 5. The highest BCUT2D eigenvalue weighted by atomic mass is 16.3. The second-order valence-electron chi connectivity index (χ2n) is 5.74. The van der Waals surface area contributed by atoms with Crippen LogP contribution in [0.5, 0.6) is 0 Å². The Morgan fingerprint density at radius 2 is 1.79 bits per heavy atom. The third-order valence-electron chi connectivity index (χ3n) is 3.93. The molecule has 0 aliphatic heterocycles. The van der Waals surface area contributed by atoms with Gasteiger partial charge in [-0.2, -0.15) is 0 Å². The SMILES string of the molecule is CC(Nc1cccc(CO)c1)C(=O)Nc1cccc2ccccc12. The molecule has 0 fully saturated rings. The van der Waals surface area contributed by atoms with Crippen molar-refractivity contribution in [3.63, 3.8) is 0 Å². The van der Waals surface area contributed by atoms with Crippen LogP contribution in [0.25, 0.3) is 10.8 Å². The summed E-state index contributed by atoms with van der Waals surface area (Å²) in [6.45, 7) is 1.79. The van der Waals surface area contributed by atoms with Crippen molar-refractivity contribution in [1.29, 1.82) is 0 Å². The highest BCUT2D eigenvalue weighted by Crippen LogP contribution is 2.23. The van der Waals surface area contributed by atoms with E-state index in [1.807, 2.05) is 73.7 Å². The smallest absolute Gasteiger partial charge is 0.246 e. The summed E-state index contributed by atoms with van der Waals surface area (Å²) in [4.78, 5) is 12.5. The minimum absolute atomic E-state index is 0.0217. The first kappa shape index (κ1) is 16.0. The monoisotopic (exact) mass is 320 g/mol. The van der Waals surface area contributed by atoms with Crippen LogP contribution in [0.2, 0.25) is 0 Å². The Kier molecular flexibility index (Phi) is 4.77. The van der Waals surface area contributed by atoms with Crippen LogP contribution < -0.4 is 10.6 Å². The Labute approximate surface area is 141 Å². The lowest BCUT2D eigenvalue weighted by Gasteiger charge is -2.16. The first-order valence-corrected chi connectivity index (χ1v) is 7.92. The fourth-order valence-electron chi connectivity index (χ4n) is 2.65. The Balaban J connectivity index is 1.73. The van der Waals surface area contributed by atoms with Gasteiger partial charge in [-0.15, -0.1) is 0 Å². The van der Waals surface area contributed by atoms with Crippen LogP contribution in [0.4, 0.5) is 11.4 Å². The van der Waals surface area contributed by atoms with Gasteiger partial charge in [-0.25, -0.2) is 0 Å². The first-order chi connectivity index (χ1) is 11.7. The average Bonchev–Trinajstić information content (AvgIpc) is 2.62. The lowest BCUT2D eigenvalue weighted by atomic mass is 10.1. The molecule has 0 aromatic heterocycles. The van der Waals surface area contributed by atoms with Crippen molar-refractivity contribution in [3.8, 4) is 0 Å². The molecule has 3 rings (SSSR count). The molecule has 0 aliphatic carbocycles. The van der Waals surface area contributed by atoms with Gasteiger partial charge in [-0.3, -0.25) is 4.79 Å². The molecule has 1 atom stereocenters. The number of nitrogens with one attached hydrogen (secondary N) is 2. The largest absolute Gasteiger partial charge is 0.392 e. The summed E-state index contributed by atoms with van der Waals surface area (Å²) in [7, 11) is 0. The van der Waals surface area contributed by atoms with Crippen molar-refractivity contribution in [2.75, 3.05) is 10.6 Å². The third kappa shape index (κ3) is 3.55. The van der Waals surface area contributed by atoms with E-state index in [9.17, 15) is 9.90 Å². The molecular weight excluding hydrogens is 300 g/mol. The van der Waals surface area contributed by atoms with Crippen molar-refractivity contribution in [1.82, 2.24) is 0 Å². The quantitative estimate of drug-likeness (QED) is 0.670. The van der Waals surface area contributed by atoms with E-state index in [4.69, 9.17) is 0 Å². The normalized spacial score (nSPS) is 11.9. The number of fused-ring (bicyclic) bond motifs is 1. The number of amides is 1. The summed E-state index contributed by atoms with van der Waals surface area (Å²) in [5, 5.41) is 17.4. The lowest BCUT2D eigenvalue weighted by Crippen LogP contribution is -2.31. The maximum atomic E-state index is 12.5. The maximum absolute atomic E-state index is 12.5. The molecule has 0 bridgehead atoms. The molecule has 0 saturated carbocycles. The number of benzene rings is 3. The number of hydrogen-bond acceptors (Lipinski definition) is 3. The molecule has 122 valence electrons. The molecule has 3 N–H and O–H groups in total. The van der Waals surface area contributed by atoms with Gasteiger partial charge in [0.25, 0.3) is 0 Å². The summed E-state index contributed by atoms with van der Waals surface area (Å²) in [5.41, 5.74) is 2.42. The number of aliphatic hydroxyl groups is 1. The van der Waals surface area contributed by atoms with E-state index in [1.54, 1.807) is 0 Å². The summed E-state index contributed by atoms with van der Waals surface area (Å²) >= 11 is 0. The average molecular weight is 320 g/mol. The van der Waals surface area contributed by atoms with Gasteiger partial charge in [-0.1, -0.05) is 48.5 Å². The van der Waals surface area contributed by atoms with E-state index in [0.29, 0.717) is 0 Å². The van der Waals surface area contributed by atoms with Crippen LogP contribution in [0.3, 0.4) is 0 Å². The van der Waals surface area contributed by atoms with Crippen molar-refractivity contribution in [2.24, 2.45) is 0 Å². The fourth-order valence-corrected chi connectivity index (χ4v) is 2.65. The van der Waals surface area contributed by atoms with E-state index in [0.717, 1.165) is 27.7 Å². The predicted octanol–water partition coefficient (Wildman–Crippen LogP) is 3.77. The summed E-state index contributed by atoms with van der Waals surface area (Å²) in [6.07, 6.45) is 0. The molecule has 0 heterocycles. The van der Waals surface area contributed by atoms with E-state index in [1.165, 1.54) is 0 Å². The van der Waals surface area contributed by atoms with Crippen molar-refractivity contribution < 1.29 is 9.90 Å². The van der Waals surface area contributed by atoms with E-state index in [2.05, 4.69) is 10.6 Å². The second kappa shape index (κ2) is 7.15. The molecule has 1 unspecified atom stereocenters. The van der Waals surface area contributed by atoms with Gasteiger partial charge in [0.15, 0.2) is 0 Å². The van der Waals surface area contributed by atoms with Gasteiger partial charge in [-0.05, 0) is 36.1 Å². The minimum atomic E-state index is -0.405. The molecule has 3 aromatic rings. The number of anilines is 2. The molecular formula is C20H20N2O2. The zero-order chi connectivity index (χ0) is 16.9. The summed E-state index contributed by atoms with van der Waals surface area (Å²) < 4.78 is 0.